The van der Waals surface area contributed by atoms with E-state index in [2.05, 4.69) is 9.73 Å². The molecule has 7 heteroatoms. The highest BCUT2D eigenvalue weighted by Crippen LogP contribution is 2.29. The number of carbonyl (C=O) groups is 2. The second-order valence-corrected chi connectivity index (χ2v) is 4.15. The third-order valence-electron chi connectivity index (χ3n) is 2.43. The van der Waals surface area contributed by atoms with Crippen molar-refractivity contribution in [3.05, 3.63) is 28.8 Å². The summed E-state index contributed by atoms with van der Waals surface area (Å²) < 4.78 is 9.32. The molecule has 0 amide bonds. The van der Waals surface area contributed by atoms with Crippen LogP contribution in [-0.4, -0.2) is 31.9 Å². The summed E-state index contributed by atoms with van der Waals surface area (Å²) in [4.78, 5) is 26.9. The molecule has 21 heavy (non-hydrogen) atoms. The lowest BCUT2D eigenvalue weighted by Crippen LogP contribution is -2.15. The van der Waals surface area contributed by atoms with Gasteiger partial charge in [-0.2, -0.15) is 5.26 Å². The molecule has 110 valence electrons. The van der Waals surface area contributed by atoms with Gasteiger partial charge in [-0.3, -0.25) is 9.79 Å². The topological polar surface area (TPSA) is 88.8 Å². The minimum Gasteiger partial charge on any atom is -0.468 e. The van der Waals surface area contributed by atoms with Crippen LogP contribution in [0.1, 0.15) is 17.3 Å². The van der Waals surface area contributed by atoms with Gasteiger partial charge in [-0.05, 0) is 19.1 Å². The Morgan fingerprint density at radius 3 is 2.81 bits per heavy atom. The number of hydrogen-bond acceptors (Lipinski definition) is 6. The Kier molecular flexibility index (Phi) is 6.37. The Balaban J connectivity index is 3.05. The normalized spacial score (nSPS) is 11.7. The molecule has 0 bridgehead atoms. The maximum atomic E-state index is 11.7. The molecule has 0 heterocycles. The van der Waals surface area contributed by atoms with E-state index in [4.69, 9.17) is 21.6 Å². The van der Waals surface area contributed by atoms with Gasteiger partial charge in [0.1, 0.15) is 0 Å². The predicted octanol–water partition coefficient (Wildman–Crippen LogP) is 2.53. The van der Waals surface area contributed by atoms with Gasteiger partial charge in [0.15, 0.2) is 5.92 Å². The average molecular weight is 309 g/mol. The lowest BCUT2D eigenvalue weighted by atomic mass is 10.2. The van der Waals surface area contributed by atoms with Crippen LogP contribution in [0.15, 0.2) is 23.2 Å². The number of halogens is 1. The van der Waals surface area contributed by atoms with Crippen LogP contribution >= 0.6 is 11.6 Å². The Labute approximate surface area is 126 Å². The van der Waals surface area contributed by atoms with Crippen molar-refractivity contribution in [2.75, 3.05) is 13.7 Å². The van der Waals surface area contributed by atoms with Crippen LogP contribution in [0.3, 0.4) is 0 Å². The van der Waals surface area contributed by atoms with Crippen LogP contribution in [0, 0.1) is 17.2 Å². The van der Waals surface area contributed by atoms with Crippen LogP contribution in [0.4, 0.5) is 5.69 Å². The smallest absolute Gasteiger partial charge is 0.339 e. The lowest BCUT2D eigenvalue weighted by Gasteiger charge is -2.06. The van der Waals surface area contributed by atoms with Crippen LogP contribution in [0.2, 0.25) is 5.02 Å². The first-order valence-corrected chi connectivity index (χ1v) is 6.40. The van der Waals surface area contributed by atoms with Gasteiger partial charge in [0.25, 0.3) is 0 Å². The highest BCUT2D eigenvalue weighted by Gasteiger charge is 2.17. The van der Waals surface area contributed by atoms with Crippen LogP contribution in [0.5, 0.6) is 0 Å². The van der Waals surface area contributed by atoms with Gasteiger partial charge in [-0.15, -0.1) is 0 Å². The number of carbonyl (C=O) groups excluding carboxylic acids is 2. The summed E-state index contributed by atoms with van der Waals surface area (Å²) in [6.07, 6.45) is 1.11. The van der Waals surface area contributed by atoms with Gasteiger partial charge in [-0.25, -0.2) is 4.79 Å². The fourth-order valence-corrected chi connectivity index (χ4v) is 1.67. The predicted molar refractivity (Wildman–Crippen MR) is 76.7 cm³/mol. The van der Waals surface area contributed by atoms with Crippen molar-refractivity contribution < 1.29 is 19.1 Å². The number of benzene rings is 1. The number of nitrogens with zero attached hydrogens (tertiary/aromatic N) is 2. The van der Waals surface area contributed by atoms with Crippen LogP contribution < -0.4 is 0 Å². The van der Waals surface area contributed by atoms with Crippen molar-refractivity contribution in [2.45, 2.75) is 6.92 Å². The van der Waals surface area contributed by atoms with Crippen molar-refractivity contribution in [3.8, 4) is 6.07 Å². The van der Waals surface area contributed by atoms with Crippen LogP contribution in [-0.2, 0) is 14.3 Å². The van der Waals surface area contributed by atoms with E-state index < -0.39 is 17.9 Å². The molecule has 0 radical (unpaired) electrons. The van der Waals surface area contributed by atoms with Crippen molar-refractivity contribution in [1.82, 2.24) is 0 Å². The molecule has 0 spiro atoms. The summed E-state index contributed by atoms with van der Waals surface area (Å²) in [6, 6.07) is 6.37. The van der Waals surface area contributed by atoms with E-state index in [9.17, 15) is 9.59 Å². The Morgan fingerprint density at radius 1 is 1.52 bits per heavy atom. The number of nitriles is 1. The van der Waals surface area contributed by atoms with Gasteiger partial charge in [0, 0.05) is 6.21 Å². The molecule has 0 aliphatic heterocycles. The SMILES string of the molecule is CCOC(=O)c1cccc(N=CC(C#N)C(=O)OC)c1Cl. The number of rotatable bonds is 5. The maximum absolute atomic E-state index is 11.7. The third-order valence-corrected chi connectivity index (χ3v) is 2.83. The molecule has 1 aromatic rings. The van der Waals surface area contributed by atoms with Gasteiger partial charge in [0.2, 0.25) is 0 Å². The zero-order valence-corrected chi connectivity index (χ0v) is 12.3. The van der Waals surface area contributed by atoms with E-state index in [-0.39, 0.29) is 22.9 Å². The zero-order chi connectivity index (χ0) is 15.8. The highest BCUT2D eigenvalue weighted by atomic mass is 35.5. The lowest BCUT2D eigenvalue weighted by molar-refractivity contribution is -0.141. The molecule has 0 aliphatic rings. The van der Waals surface area contributed by atoms with Gasteiger partial charge < -0.3 is 9.47 Å². The Bertz CT molecular complexity index is 607. The van der Waals surface area contributed by atoms with Crippen molar-refractivity contribution in [1.29, 1.82) is 5.26 Å². The number of ether oxygens (including phenoxy) is 2. The first-order chi connectivity index (χ1) is 10.0. The second kappa shape index (κ2) is 8.02. The number of esters is 2. The molecule has 0 saturated heterocycles. The van der Waals surface area contributed by atoms with Gasteiger partial charge in [-0.1, -0.05) is 17.7 Å². The first-order valence-electron chi connectivity index (χ1n) is 6.02. The first kappa shape index (κ1) is 16.7. The number of aliphatic imine (C=N–C) groups is 1. The maximum Gasteiger partial charge on any atom is 0.339 e. The fourth-order valence-electron chi connectivity index (χ4n) is 1.41. The molecular formula is C14H13ClN2O4. The molecule has 0 saturated carbocycles. The summed E-state index contributed by atoms with van der Waals surface area (Å²) in [5.41, 5.74) is 0.422. The monoisotopic (exact) mass is 308 g/mol. The molecule has 0 fully saturated rings. The largest absolute Gasteiger partial charge is 0.468 e. The molecule has 1 unspecified atom stereocenters. The second-order valence-electron chi connectivity index (χ2n) is 3.77. The minimum absolute atomic E-state index is 0.0914. The summed E-state index contributed by atoms with van der Waals surface area (Å²) in [5, 5.41) is 8.93. The molecule has 0 aromatic heterocycles. The molecule has 1 rings (SSSR count). The molecule has 0 aliphatic carbocycles. The summed E-state index contributed by atoms with van der Waals surface area (Å²) in [6.45, 7) is 1.91. The van der Waals surface area contributed by atoms with E-state index in [0.717, 1.165) is 6.21 Å². The molecule has 0 N–H and O–H groups in total. The fraction of sp³-hybridized carbons (Fsp3) is 0.286. The zero-order valence-electron chi connectivity index (χ0n) is 11.5. The summed E-state index contributed by atoms with van der Waals surface area (Å²) in [5.74, 6) is -2.43. The molecule has 1 atom stereocenters. The summed E-state index contributed by atoms with van der Waals surface area (Å²) >= 11 is 6.07. The third kappa shape index (κ3) is 4.29. The van der Waals surface area contributed by atoms with Crippen LogP contribution in [0.25, 0.3) is 0 Å². The van der Waals surface area contributed by atoms with E-state index in [0.29, 0.717) is 0 Å². The van der Waals surface area contributed by atoms with E-state index in [1.165, 1.54) is 13.2 Å². The van der Waals surface area contributed by atoms with E-state index >= 15 is 0 Å². The average Bonchev–Trinajstić information content (AvgIpc) is 2.49. The molecule has 1 aromatic carbocycles. The Hall–Kier alpha value is -2.39. The minimum atomic E-state index is -1.14. The summed E-state index contributed by atoms with van der Waals surface area (Å²) in [7, 11) is 1.18. The quantitative estimate of drug-likeness (QED) is 0.616. The Morgan fingerprint density at radius 2 is 2.24 bits per heavy atom. The standard InChI is InChI=1S/C14H13ClN2O4/c1-3-21-14(19)10-5-4-6-11(12(10)15)17-8-9(7-16)13(18)20-2/h4-6,8-9H,3H2,1-2H3. The van der Waals surface area contributed by atoms with Crippen molar-refractivity contribution >= 4 is 35.4 Å². The van der Waals surface area contributed by atoms with Gasteiger partial charge >= 0.3 is 11.9 Å². The van der Waals surface area contributed by atoms with E-state index in [1.54, 1.807) is 25.1 Å². The van der Waals surface area contributed by atoms with Crippen molar-refractivity contribution in [2.24, 2.45) is 10.9 Å². The van der Waals surface area contributed by atoms with Crippen molar-refractivity contribution in [3.63, 3.8) is 0 Å². The molecular weight excluding hydrogens is 296 g/mol. The highest BCUT2D eigenvalue weighted by molar-refractivity contribution is 6.36. The van der Waals surface area contributed by atoms with Gasteiger partial charge in [0.05, 0.1) is 36.1 Å². The number of methoxy groups -OCH3 is 1. The molecule has 6 nitrogen and oxygen atoms in total. The van der Waals surface area contributed by atoms with E-state index in [1.807, 2.05) is 0 Å². The number of hydrogen-bond donors (Lipinski definition) is 0.